The summed E-state index contributed by atoms with van der Waals surface area (Å²) < 4.78 is 6.75. The molecule has 0 amide bonds. The monoisotopic (exact) mass is 353 g/mol. The van der Waals surface area contributed by atoms with Gasteiger partial charge in [-0.05, 0) is 49.4 Å². The van der Waals surface area contributed by atoms with E-state index >= 15 is 0 Å². The van der Waals surface area contributed by atoms with Crippen LogP contribution in [0.15, 0.2) is 38.9 Å². The Labute approximate surface area is 151 Å². The lowest BCUT2D eigenvalue weighted by molar-refractivity contribution is 0.445. The molecule has 0 spiro atoms. The normalized spacial score (nSPS) is 18.5. The molecule has 7 nitrogen and oxygen atoms in total. The Hall–Kier alpha value is -2.67. The molecule has 0 fully saturated rings. The van der Waals surface area contributed by atoms with Crippen molar-refractivity contribution in [3.05, 3.63) is 57.8 Å². The van der Waals surface area contributed by atoms with Gasteiger partial charge in [0.05, 0.1) is 6.20 Å². The van der Waals surface area contributed by atoms with Crippen LogP contribution in [0.25, 0.3) is 5.82 Å². The van der Waals surface area contributed by atoms with Crippen molar-refractivity contribution < 1.29 is 4.42 Å². The smallest absolute Gasteiger partial charge is 0.413 e. The summed E-state index contributed by atoms with van der Waals surface area (Å²) in [6.07, 6.45) is 9.94. The summed E-state index contributed by atoms with van der Waals surface area (Å²) in [7, 11) is 0. The van der Waals surface area contributed by atoms with Crippen molar-refractivity contribution in [1.29, 1.82) is 0 Å². The number of oxazole rings is 1. The fraction of sp³-hybridized carbons (Fsp3) is 0.421. The zero-order valence-electron chi connectivity index (χ0n) is 14.9. The highest BCUT2D eigenvalue weighted by Crippen LogP contribution is 2.27. The first kappa shape index (κ1) is 16.8. The van der Waals surface area contributed by atoms with Crippen LogP contribution in [0, 0.1) is 12.8 Å². The quantitative estimate of drug-likeness (QED) is 0.761. The second-order valence-corrected chi connectivity index (χ2v) is 6.82. The topological polar surface area (TPSA) is 84.5 Å². The molecule has 1 aliphatic heterocycles. The Morgan fingerprint density at radius 1 is 1.42 bits per heavy atom. The van der Waals surface area contributed by atoms with Crippen LogP contribution in [0.4, 0.5) is 0 Å². The number of aliphatic imine (C=N–C) groups is 1. The maximum Gasteiger partial charge on any atom is 0.425 e. The molecule has 0 radical (unpaired) electrons. The zero-order valence-corrected chi connectivity index (χ0v) is 14.9. The third kappa shape index (κ3) is 3.48. The van der Waals surface area contributed by atoms with Crippen LogP contribution in [0.3, 0.4) is 0 Å². The summed E-state index contributed by atoms with van der Waals surface area (Å²) in [5.74, 6) is 1.43. The van der Waals surface area contributed by atoms with Gasteiger partial charge in [-0.2, -0.15) is 0 Å². The Bertz CT molecular complexity index is 909. The number of fused-ring (bicyclic) bond motifs is 1. The highest BCUT2D eigenvalue weighted by atomic mass is 16.4. The Morgan fingerprint density at radius 2 is 2.35 bits per heavy atom. The first-order chi connectivity index (χ1) is 12.7. The largest absolute Gasteiger partial charge is 0.425 e. The summed E-state index contributed by atoms with van der Waals surface area (Å²) in [5, 5.41) is 6.53. The van der Waals surface area contributed by atoms with E-state index in [9.17, 15) is 4.79 Å². The van der Waals surface area contributed by atoms with Gasteiger partial charge < -0.3 is 15.1 Å². The van der Waals surface area contributed by atoms with E-state index in [1.54, 1.807) is 18.6 Å². The van der Waals surface area contributed by atoms with Crippen molar-refractivity contribution in [2.24, 2.45) is 10.9 Å². The second kappa shape index (κ2) is 7.29. The lowest BCUT2D eigenvalue weighted by Gasteiger charge is -2.10. The van der Waals surface area contributed by atoms with Gasteiger partial charge in [0.25, 0.3) is 0 Å². The predicted octanol–water partition coefficient (Wildman–Crippen LogP) is 1.12. The second-order valence-electron chi connectivity index (χ2n) is 6.82. The minimum absolute atomic E-state index is 0.402. The molecule has 0 saturated carbocycles. The van der Waals surface area contributed by atoms with Gasteiger partial charge in [-0.1, -0.05) is 0 Å². The van der Waals surface area contributed by atoms with Crippen LogP contribution < -0.4 is 16.4 Å². The van der Waals surface area contributed by atoms with Gasteiger partial charge in [0, 0.05) is 43.8 Å². The number of rotatable bonds is 6. The van der Waals surface area contributed by atoms with E-state index in [4.69, 9.17) is 4.42 Å². The Balaban J connectivity index is 1.27. The van der Waals surface area contributed by atoms with Crippen LogP contribution in [0.2, 0.25) is 0 Å². The molecule has 4 rings (SSSR count). The highest BCUT2D eigenvalue weighted by molar-refractivity contribution is 5.69. The van der Waals surface area contributed by atoms with Gasteiger partial charge in [0.1, 0.15) is 5.76 Å². The molecular formula is C19H23N5O2. The van der Waals surface area contributed by atoms with Crippen molar-refractivity contribution in [2.45, 2.75) is 26.2 Å². The van der Waals surface area contributed by atoms with Crippen LogP contribution in [-0.2, 0) is 19.3 Å². The third-order valence-electron chi connectivity index (χ3n) is 4.95. The van der Waals surface area contributed by atoms with Crippen molar-refractivity contribution in [2.75, 3.05) is 19.6 Å². The number of pyridine rings is 1. The van der Waals surface area contributed by atoms with E-state index in [0.29, 0.717) is 30.5 Å². The molecule has 0 bridgehead atoms. The highest BCUT2D eigenvalue weighted by Gasteiger charge is 2.22. The number of nitrogens with zero attached hydrogens (tertiary/aromatic N) is 3. The lowest BCUT2D eigenvalue weighted by atomic mass is 10.1. The van der Waals surface area contributed by atoms with Gasteiger partial charge in [-0.25, -0.2) is 14.4 Å². The SMILES string of the molecule is Cc1nccc2c1CC(CNCCc1cn(C3=CNCC=N3)c(=O)o1)C2. The average Bonchev–Trinajstić information content (AvgIpc) is 3.23. The molecule has 2 aromatic heterocycles. The van der Waals surface area contributed by atoms with Crippen LogP contribution in [0.1, 0.15) is 22.6 Å². The lowest BCUT2D eigenvalue weighted by Crippen LogP contribution is -2.25. The van der Waals surface area contributed by atoms with Crippen LogP contribution in [0.5, 0.6) is 0 Å². The van der Waals surface area contributed by atoms with Crippen LogP contribution >= 0.6 is 0 Å². The molecule has 2 N–H and O–H groups in total. The maximum absolute atomic E-state index is 12.0. The molecule has 3 heterocycles. The van der Waals surface area contributed by atoms with Gasteiger partial charge in [0.15, 0.2) is 5.82 Å². The number of nitrogens with one attached hydrogen (secondary N) is 2. The van der Waals surface area contributed by atoms with Crippen LogP contribution in [-0.4, -0.2) is 35.4 Å². The molecule has 7 heteroatoms. The van der Waals surface area contributed by atoms with Gasteiger partial charge in [-0.3, -0.25) is 4.98 Å². The standard InChI is InChI=1S/C19H23N5O2/c1-13-17-9-14(8-15(17)2-5-22-13)10-20-4-3-16-12-24(19(25)26-16)18-11-21-6-7-23-18/h2,5,7,11-12,14,20-21H,3-4,6,8-10H2,1H3. The summed E-state index contributed by atoms with van der Waals surface area (Å²) in [6.45, 7) is 4.49. The number of aromatic nitrogens is 2. The minimum atomic E-state index is -0.402. The van der Waals surface area contributed by atoms with E-state index in [-0.39, 0.29) is 0 Å². The molecule has 26 heavy (non-hydrogen) atoms. The molecule has 1 aliphatic carbocycles. The van der Waals surface area contributed by atoms with E-state index in [0.717, 1.165) is 31.6 Å². The van der Waals surface area contributed by atoms with Crippen molar-refractivity contribution >= 4 is 12.0 Å². The number of hydrogen-bond acceptors (Lipinski definition) is 6. The van der Waals surface area contributed by atoms with Gasteiger partial charge >= 0.3 is 5.76 Å². The van der Waals surface area contributed by atoms with E-state index in [1.807, 2.05) is 6.20 Å². The Kier molecular flexibility index (Phi) is 4.71. The maximum atomic E-state index is 12.0. The van der Waals surface area contributed by atoms with Crippen molar-refractivity contribution in [1.82, 2.24) is 20.2 Å². The van der Waals surface area contributed by atoms with E-state index in [2.05, 4.69) is 33.6 Å². The molecule has 2 aromatic rings. The first-order valence-corrected chi connectivity index (χ1v) is 9.02. The van der Waals surface area contributed by atoms with E-state index in [1.165, 1.54) is 15.7 Å². The summed E-state index contributed by atoms with van der Waals surface area (Å²) >= 11 is 0. The van der Waals surface area contributed by atoms with Gasteiger partial charge in [0.2, 0.25) is 0 Å². The minimum Gasteiger partial charge on any atom is -0.413 e. The summed E-state index contributed by atoms with van der Waals surface area (Å²) in [6, 6.07) is 2.14. The first-order valence-electron chi connectivity index (χ1n) is 9.02. The molecule has 2 aliphatic rings. The molecule has 136 valence electrons. The average molecular weight is 353 g/mol. The zero-order chi connectivity index (χ0) is 17.9. The molecule has 0 aromatic carbocycles. The predicted molar refractivity (Wildman–Crippen MR) is 100 cm³/mol. The fourth-order valence-electron chi connectivity index (χ4n) is 3.62. The van der Waals surface area contributed by atoms with Gasteiger partial charge in [-0.15, -0.1) is 0 Å². The molecule has 0 saturated heterocycles. The molecule has 1 unspecified atom stereocenters. The summed E-state index contributed by atoms with van der Waals surface area (Å²) in [5.41, 5.74) is 4.00. The third-order valence-corrected chi connectivity index (χ3v) is 4.95. The van der Waals surface area contributed by atoms with Crippen molar-refractivity contribution in [3.63, 3.8) is 0 Å². The number of aryl methyl sites for hydroxylation is 1. The van der Waals surface area contributed by atoms with Crippen molar-refractivity contribution in [3.8, 4) is 0 Å². The summed E-state index contributed by atoms with van der Waals surface area (Å²) in [4.78, 5) is 20.6. The fourth-order valence-corrected chi connectivity index (χ4v) is 3.62. The molecular weight excluding hydrogens is 330 g/mol. The Morgan fingerprint density at radius 3 is 3.15 bits per heavy atom. The molecule has 1 atom stereocenters. The van der Waals surface area contributed by atoms with E-state index < -0.39 is 5.76 Å². The number of hydrogen-bond donors (Lipinski definition) is 2.